The second-order valence-corrected chi connectivity index (χ2v) is 6.54. The van der Waals surface area contributed by atoms with Gasteiger partial charge >= 0.3 is 0 Å². The Kier molecular flexibility index (Phi) is 4.31. The Morgan fingerprint density at radius 2 is 2.22 bits per heavy atom. The lowest BCUT2D eigenvalue weighted by Crippen LogP contribution is -2.42. The van der Waals surface area contributed by atoms with Crippen molar-refractivity contribution in [1.82, 2.24) is 24.8 Å². The number of piperidine rings is 1. The predicted octanol–water partition coefficient (Wildman–Crippen LogP) is -0.971. The Balaban J connectivity index is 1.83. The summed E-state index contributed by atoms with van der Waals surface area (Å²) in [6, 6.07) is 0. The molecule has 0 unspecified atom stereocenters. The van der Waals surface area contributed by atoms with E-state index < -0.39 is 10.0 Å². The second-order valence-electron chi connectivity index (χ2n) is 4.50. The molecule has 0 atom stereocenters. The SMILES string of the molecule is Cn1cnnc1CCNS(=O)(=O)C1CCNCC1. The van der Waals surface area contributed by atoms with Gasteiger partial charge in [-0.15, -0.1) is 10.2 Å². The molecular formula is C10H19N5O2S. The van der Waals surface area contributed by atoms with Crippen LogP contribution in [0.3, 0.4) is 0 Å². The van der Waals surface area contributed by atoms with Gasteiger partial charge in [0.1, 0.15) is 12.2 Å². The molecule has 2 rings (SSSR count). The first-order chi connectivity index (χ1) is 8.59. The Labute approximate surface area is 107 Å². The molecule has 1 aromatic heterocycles. The van der Waals surface area contributed by atoms with E-state index in [1.54, 1.807) is 10.9 Å². The predicted molar refractivity (Wildman–Crippen MR) is 67.5 cm³/mol. The Bertz CT molecular complexity index is 478. The molecule has 7 nitrogen and oxygen atoms in total. The van der Waals surface area contributed by atoms with Crippen LogP contribution in [0.4, 0.5) is 0 Å². The molecule has 0 radical (unpaired) electrons. The van der Waals surface area contributed by atoms with E-state index in [0.29, 0.717) is 25.8 Å². The van der Waals surface area contributed by atoms with E-state index >= 15 is 0 Å². The average Bonchev–Trinajstić information content (AvgIpc) is 2.76. The number of sulfonamides is 1. The van der Waals surface area contributed by atoms with Crippen LogP contribution in [-0.4, -0.2) is 48.1 Å². The first kappa shape index (κ1) is 13.4. The van der Waals surface area contributed by atoms with Crippen molar-refractivity contribution in [1.29, 1.82) is 0 Å². The quantitative estimate of drug-likeness (QED) is 0.720. The lowest BCUT2D eigenvalue weighted by Gasteiger charge is -2.22. The molecule has 8 heteroatoms. The van der Waals surface area contributed by atoms with E-state index in [2.05, 4.69) is 20.2 Å². The maximum Gasteiger partial charge on any atom is 0.214 e. The highest BCUT2D eigenvalue weighted by Gasteiger charge is 2.26. The van der Waals surface area contributed by atoms with Gasteiger partial charge < -0.3 is 9.88 Å². The van der Waals surface area contributed by atoms with Gasteiger partial charge in [0.15, 0.2) is 0 Å². The third-order valence-corrected chi connectivity index (χ3v) is 5.14. The molecular weight excluding hydrogens is 254 g/mol. The fraction of sp³-hybridized carbons (Fsp3) is 0.800. The summed E-state index contributed by atoms with van der Waals surface area (Å²) in [5.41, 5.74) is 0. The minimum atomic E-state index is -3.20. The van der Waals surface area contributed by atoms with Crippen molar-refractivity contribution in [3.8, 4) is 0 Å². The van der Waals surface area contributed by atoms with E-state index in [0.717, 1.165) is 18.9 Å². The number of nitrogens with one attached hydrogen (secondary N) is 2. The van der Waals surface area contributed by atoms with Crippen LogP contribution in [0, 0.1) is 0 Å². The first-order valence-corrected chi connectivity index (χ1v) is 7.66. The third-order valence-electron chi connectivity index (χ3n) is 3.18. The maximum atomic E-state index is 12.0. The first-order valence-electron chi connectivity index (χ1n) is 6.11. The monoisotopic (exact) mass is 273 g/mol. The van der Waals surface area contributed by atoms with Gasteiger partial charge in [-0.05, 0) is 25.9 Å². The summed E-state index contributed by atoms with van der Waals surface area (Å²) in [7, 11) is -1.35. The highest BCUT2D eigenvalue weighted by molar-refractivity contribution is 7.90. The van der Waals surface area contributed by atoms with Crippen LogP contribution < -0.4 is 10.0 Å². The zero-order chi connectivity index (χ0) is 13.0. The van der Waals surface area contributed by atoms with Gasteiger partial charge in [-0.2, -0.15) is 0 Å². The fourth-order valence-corrected chi connectivity index (χ4v) is 3.54. The number of nitrogens with zero attached hydrogens (tertiary/aromatic N) is 3. The van der Waals surface area contributed by atoms with E-state index in [4.69, 9.17) is 0 Å². The van der Waals surface area contributed by atoms with Crippen molar-refractivity contribution in [2.45, 2.75) is 24.5 Å². The number of rotatable bonds is 5. The minimum Gasteiger partial charge on any atom is -0.321 e. The van der Waals surface area contributed by atoms with Gasteiger partial charge in [0.05, 0.1) is 5.25 Å². The molecule has 1 fully saturated rings. The topological polar surface area (TPSA) is 88.9 Å². The molecule has 0 aromatic carbocycles. The Morgan fingerprint density at radius 1 is 1.50 bits per heavy atom. The smallest absolute Gasteiger partial charge is 0.214 e. The number of aromatic nitrogens is 3. The summed E-state index contributed by atoms with van der Waals surface area (Å²) in [4.78, 5) is 0. The van der Waals surface area contributed by atoms with Crippen LogP contribution in [0.15, 0.2) is 6.33 Å². The maximum absolute atomic E-state index is 12.0. The fourth-order valence-electron chi connectivity index (χ4n) is 2.06. The Hall–Kier alpha value is -0.990. The number of hydrogen-bond donors (Lipinski definition) is 2. The molecule has 0 spiro atoms. The lowest BCUT2D eigenvalue weighted by molar-refractivity contribution is 0.489. The van der Waals surface area contributed by atoms with Crippen LogP contribution in [0.2, 0.25) is 0 Å². The molecule has 0 bridgehead atoms. The summed E-state index contributed by atoms with van der Waals surface area (Å²) in [6.45, 7) is 1.92. The van der Waals surface area contributed by atoms with E-state index in [9.17, 15) is 8.42 Å². The Morgan fingerprint density at radius 3 is 2.83 bits per heavy atom. The highest BCUT2D eigenvalue weighted by atomic mass is 32.2. The number of aryl methyl sites for hydroxylation is 1. The molecule has 0 saturated carbocycles. The molecule has 1 saturated heterocycles. The lowest BCUT2D eigenvalue weighted by atomic mass is 10.2. The zero-order valence-electron chi connectivity index (χ0n) is 10.5. The molecule has 1 aliphatic heterocycles. The normalized spacial score (nSPS) is 18.1. The third kappa shape index (κ3) is 3.27. The van der Waals surface area contributed by atoms with Crippen LogP contribution in [0.25, 0.3) is 0 Å². The van der Waals surface area contributed by atoms with Gasteiger partial charge in [0.2, 0.25) is 10.0 Å². The molecule has 18 heavy (non-hydrogen) atoms. The zero-order valence-corrected chi connectivity index (χ0v) is 11.3. The van der Waals surface area contributed by atoms with Crippen molar-refractivity contribution in [3.05, 3.63) is 12.2 Å². The standard InChI is InChI=1S/C10H19N5O2S/c1-15-8-12-14-10(15)4-7-13-18(16,17)9-2-5-11-6-3-9/h8-9,11,13H,2-7H2,1H3. The van der Waals surface area contributed by atoms with E-state index in [1.165, 1.54) is 0 Å². The van der Waals surface area contributed by atoms with E-state index in [1.807, 2.05) is 7.05 Å². The van der Waals surface area contributed by atoms with Gasteiger partial charge in [0, 0.05) is 20.0 Å². The molecule has 1 aromatic rings. The van der Waals surface area contributed by atoms with Crippen molar-refractivity contribution in [3.63, 3.8) is 0 Å². The molecule has 0 amide bonds. The van der Waals surface area contributed by atoms with Crippen LogP contribution >= 0.6 is 0 Å². The minimum absolute atomic E-state index is 0.266. The van der Waals surface area contributed by atoms with Crippen molar-refractivity contribution < 1.29 is 8.42 Å². The van der Waals surface area contributed by atoms with Crippen LogP contribution in [0.5, 0.6) is 0 Å². The highest BCUT2D eigenvalue weighted by Crippen LogP contribution is 2.11. The largest absolute Gasteiger partial charge is 0.321 e. The van der Waals surface area contributed by atoms with E-state index in [-0.39, 0.29) is 5.25 Å². The molecule has 2 N–H and O–H groups in total. The summed E-state index contributed by atoms with van der Waals surface area (Å²) >= 11 is 0. The van der Waals surface area contributed by atoms with Gasteiger partial charge in [-0.25, -0.2) is 13.1 Å². The summed E-state index contributed by atoms with van der Waals surface area (Å²) in [5.74, 6) is 0.781. The summed E-state index contributed by atoms with van der Waals surface area (Å²) in [5, 5.41) is 10.6. The van der Waals surface area contributed by atoms with Crippen molar-refractivity contribution >= 4 is 10.0 Å². The van der Waals surface area contributed by atoms with Gasteiger partial charge in [-0.3, -0.25) is 0 Å². The molecule has 102 valence electrons. The molecule has 0 aliphatic carbocycles. The van der Waals surface area contributed by atoms with Gasteiger partial charge in [0.25, 0.3) is 0 Å². The van der Waals surface area contributed by atoms with Crippen molar-refractivity contribution in [2.75, 3.05) is 19.6 Å². The number of hydrogen-bond acceptors (Lipinski definition) is 5. The second kappa shape index (κ2) is 5.77. The summed E-state index contributed by atoms with van der Waals surface area (Å²) in [6.07, 6.45) is 3.52. The average molecular weight is 273 g/mol. The van der Waals surface area contributed by atoms with Crippen molar-refractivity contribution in [2.24, 2.45) is 7.05 Å². The summed E-state index contributed by atoms with van der Waals surface area (Å²) < 4.78 is 28.5. The van der Waals surface area contributed by atoms with Crippen LogP contribution in [-0.2, 0) is 23.5 Å². The van der Waals surface area contributed by atoms with Gasteiger partial charge in [-0.1, -0.05) is 0 Å². The van der Waals surface area contributed by atoms with Crippen LogP contribution in [0.1, 0.15) is 18.7 Å². The molecule has 2 heterocycles. The molecule has 1 aliphatic rings.